The maximum atomic E-state index is 10.9. The summed E-state index contributed by atoms with van der Waals surface area (Å²) in [4.78, 5) is 15.3. The highest BCUT2D eigenvalue weighted by Gasteiger charge is 2.14. The van der Waals surface area contributed by atoms with Crippen molar-refractivity contribution in [2.24, 2.45) is 0 Å². The van der Waals surface area contributed by atoms with Gasteiger partial charge in [-0.15, -0.1) is 0 Å². The number of benzene rings is 1. The molecule has 2 aromatic rings. The fraction of sp³-hybridized carbons (Fsp3) is 0.333. The molecule has 0 radical (unpaired) electrons. The number of hydrogen-bond donors (Lipinski definition) is 1. The largest absolute Gasteiger partial charge is 0.497 e. The summed E-state index contributed by atoms with van der Waals surface area (Å²) in [5, 5.41) is 8.95. The van der Waals surface area contributed by atoms with Crippen LogP contribution in [0.5, 0.6) is 11.5 Å². The summed E-state index contributed by atoms with van der Waals surface area (Å²) in [7, 11) is 3.17. The third-order valence-electron chi connectivity index (χ3n) is 3.20. The predicted octanol–water partition coefficient (Wildman–Crippen LogP) is 2.21. The zero-order chi connectivity index (χ0) is 15.4. The lowest BCUT2D eigenvalue weighted by Gasteiger charge is -2.11. The number of ether oxygens (including phenoxy) is 2. The molecule has 0 spiro atoms. The molecule has 0 saturated heterocycles. The van der Waals surface area contributed by atoms with Gasteiger partial charge in [0, 0.05) is 30.1 Å². The Hall–Kier alpha value is -2.50. The van der Waals surface area contributed by atoms with Gasteiger partial charge < -0.3 is 19.1 Å². The van der Waals surface area contributed by atoms with Crippen molar-refractivity contribution in [3.8, 4) is 22.9 Å². The van der Waals surface area contributed by atoms with Crippen LogP contribution >= 0.6 is 0 Å². The minimum absolute atomic E-state index is 0.0536. The Bertz CT molecular complexity index is 627. The topological polar surface area (TPSA) is 73.6 Å². The first-order valence-electron chi connectivity index (χ1n) is 6.58. The van der Waals surface area contributed by atoms with Crippen molar-refractivity contribution in [2.75, 3.05) is 14.2 Å². The van der Waals surface area contributed by atoms with Crippen LogP contribution < -0.4 is 9.47 Å². The first kappa shape index (κ1) is 14.9. The maximum absolute atomic E-state index is 10.9. The molecule has 21 heavy (non-hydrogen) atoms. The van der Waals surface area contributed by atoms with Gasteiger partial charge in [0.1, 0.15) is 17.3 Å². The van der Waals surface area contributed by atoms with Crippen LogP contribution in [-0.4, -0.2) is 34.8 Å². The summed E-state index contributed by atoms with van der Waals surface area (Å²) in [6.45, 7) is 2.59. The van der Waals surface area contributed by atoms with Gasteiger partial charge in [0.25, 0.3) is 0 Å². The van der Waals surface area contributed by atoms with E-state index >= 15 is 0 Å². The van der Waals surface area contributed by atoms with Crippen molar-refractivity contribution < 1.29 is 19.4 Å². The highest BCUT2D eigenvalue weighted by atomic mass is 16.5. The average Bonchev–Trinajstić information content (AvgIpc) is 2.88. The summed E-state index contributed by atoms with van der Waals surface area (Å²) in [6.07, 6.45) is 1.54. The van der Waals surface area contributed by atoms with Crippen LogP contribution in [0.2, 0.25) is 0 Å². The van der Waals surface area contributed by atoms with E-state index in [4.69, 9.17) is 14.6 Å². The van der Waals surface area contributed by atoms with Gasteiger partial charge in [0.2, 0.25) is 0 Å². The molecule has 0 saturated carbocycles. The molecule has 1 N–H and O–H groups in total. The molecule has 0 aliphatic heterocycles. The number of aromatic nitrogens is 2. The van der Waals surface area contributed by atoms with Crippen LogP contribution in [0.4, 0.5) is 0 Å². The first-order valence-corrected chi connectivity index (χ1v) is 6.58. The van der Waals surface area contributed by atoms with Crippen molar-refractivity contribution in [2.45, 2.75) is 19.9 Å². The summed E-state index contributed by atoms with van der Waals surface area (Å²) in [5.74, 6) is 1.15. The lowest BCUT2D eigenvalue weighted by Crippen LogP contribution is -2.08. The number of nitrogens with zero attached hydrogens (tertiary/aromatic N) is 2. The van der Waals surface area contributed by atoms with E-state index in [9.17, 15) is 4.79 Å². The highest BCUT2D eigenvalue weighted by Crippen LogP contribution is 2.29. The summed E-state index contributed by atoms with van der Waals surface area (Å²) < 4.78 is 12.4. The van der Waals surface area contributed by atoms with E-state index in [-0.39, 0.29) is 6.42 Å². The second kappa shape index (κ2) is 6.30. The van der Waals surface area contributed by atoms with E-state index in [0.717, 1.165) is 5.56 Å². The van der Waals surface area contributed by atoms with E-state index in [1.54, 1.807) is 26.5 Å². The number of aliphatic carboxylic acids is 1. The quantitative estimate of drug-likeness (QED) is 0.883. The maximum Gasteiger partial charge on any atom is 0.309 e. The Morgan fingerprint density at radius 3 is 2.33 bits per heavy atom. The molecule has 0 aliphatic carbocycles. The third-order valence-corrected chi connectivity index (χ3v) is 3.20. The number of carbonyl (C=O) groups is 1. The minimum Gasteiger partial charge on any atom is -0.497 e. The Labute approximate surface area is 122 Å². The average molecular weight is 290 g/mol. The van der Waals surface area contributed by atoms with E-state index in [0.29, 0.717) is 29.6 Å². The molecule has 1 aromatic carbocycles. The Morgan fingerprint density at radius 2 is 1.86 bits per heavy atom. The molecule has 1 aromatic heterocycles. The van der Waals surface area contributed by atoms with Gasteiger partial charge in [-0.2, -0.15) is 0 Å². The molecule has 6 nitrogen and oxygen atoms in total. The van der Waals surface area contributed by atoms with Crippen LogP contribution in [0.1, 0.15) is 12.6 Å². The zero-order valence-corrected chi connectivity index (χ0v) is 12.3. The SMILES string of the molecule is CCn1c(CC(=O)O)cnc1-c1cc(OC)cc(OC)c1. The number of carboxylic acid groups (broad SMARTS) is 1. The van der Waals surface area contributed by atoms with Gasteiger partial charge in [-0.1, -0.05) is 0 Å². The smallest absolute Gasteiger partial charge is 0.309 e. The van der Waals surface area contributed by atoms with Crippen molar-refractivity contribution in [1.29, 1.82) is 0 Å². The van der Waals surface area contributed by atoms with E-state index in [1.165, 1.54) is 0 Å². The second-order valence-corrected chi connectivity index (χ2v) is 4.49. The number of imidazole rings is 1. The van der Waals surface area contributed by atoms with Gasteiger partial charge >= 0.3 is 5.97 Å². The molecule has 2 rings (SSSR count). The highest BCUT2D eigenvalue weighted by molar-refractivity contribution is 5.70. The van der Waals surface area contributed by atoms with Crippen molar-refractivity contribution >= 4 is 5.97 Å². The molecule has 6 heteroatoms. The van der Waals surface area contributed by atoms with Crippen molar-refractivity contribution in [3.63, 3.8) is 0 Å². The van der Waals surface area contributed by atoms with Gasteiger partial charge in [0.05, 0.1) is 20.6 Å². The zero-order valence-electron chi connectivity index (χ0n) is 12.3. The summed E-state index contributed by atoms with van der Waals surface area (Å²) in [6, 6.07) is 5.48. The fourth-order valence-corrected chi connectivity index (χ4v) is 2.23. The van der Waals surface area contributed by atoms with Crippen LogP contribution in [0.3, 0.4) is 0 Å². The van der Waals surface area contributed by atoms with Crippen LogP contribution in [0.25, 0.3) is 11.4 Å². The molecular weight excluding hydrogens is 272 g/mol. The molecular formula is C15H18N2O4. The molecule has 0 unspecified atom stereocenters. The molecule has 0 atom stereocenters. The first-order chi connectivity index (χ1) is 10.1. The van der Waals surface area contributed by atoms with E-state index in [1.807, 2.05) is 23.6 Å². The van der Waals surface area contributed by atoms with Gasteiger partial charge in [-0.05, 0) is 19.1 Å². The fourth-order valence-electron chi connectivity index (χ4n) is 2.23. The molecule has 0 aliphatic rings. The minimum atomic E-state index is -0.876. The van der Waals surface area contributed by atoms with Crippen LogP contribution in [0, 0.1) is 0 Å². The second-order valence-electron chi connectivity index (χ2n) is 4.49. The van der Waals surface area contributed by atoms with Crippen molar-refractivity contribution in [3.05, 3.63) is 30.1 Å². The molecule has 112 valence electrons. The molecule has 0 amide bonds. The third kappa shape index (κ3) is 3.16. The van der Waals surface area contributed by atoms with Gasteiger partial charge in [-0.25, -0.2) is 4.98 Å². The van der Waals surface area contributed by atoms with Crippen molar-refractivity contribution in [1.82, 2.24) is 9.55 Å². The normalized spacial score (nSPS) is 10.4. The van der Waals surface area contributed by atoms with Gasteiger partial charge in [0.15, 0.2) is 0 Å². The lowest BCUT2D eigenvalue weighted by molar-refractivity contribution is -0.136. The Morgan fingerprint density at radius 1 is 1.24 bits per heavy atom. The Balaban J connectivity index is 2.50. The number of methoxy groups -OCH3 is 2. The molecule has 0 bridgehead atoms. The molecule has 0 fully saturated rings. The molecule has 1 heterocycles. The monoisotopic (exact) mass is 290 g/mol. The standard InChI is InChI=1S/C15H18N2O4/c1-4-17-11(7-14(18)19)9-16-15(17)10-5-12(20-2)8-13(6-10)21-3/h5-6,8-9H,4,7H2,1-3H3,(H,18,19). The van der Waals surface area contributed by atoms with E-state index < -0.39 is 5.97 Å². The Kier molecular flexibility index (Phi) is 4.47. The van der Waals surface area contributed by atoms with Crippen LogP contribution in [0.15, 0.2) is 24.4 Å². The predicted molar refractivity (Wildman–Crippen MR) is 77.8 cm³/mol. The summed E-state index contributed by atoms with van der Waals surface area (Å²) in [5.41, 5.74) is 1.49. The lowest BCUT2D eigenvalue weighted by atomic mass is 10.2. The van der Waals surface area contributed by atoms with Crippen LogP contribution in [-0.2, 0) is 17.8 Å². The van der Waals surface area contributed by atoms with Gasteiger partial charge in [-0.3, -0.25) is 4.79 Å². The number of hydrogen-bond acceptors (Lipinski definition) is 4. The number of rotatable bonds is 6. The number of carboxylic acids is 1. The van der Waals surface area contributed by atoms with E-state index in [2.05, 4.69) is 4.98 Å². The summed E-state index contributed by atoms with van der Waals surface area (Å²) >= 11 is 0.